The molecule has 0 radical (unpaired) electrons. The van der Waals surface area contributed by atoms with Crippen molar-refractivity contribution in [3.8, 4) is 0 Å². The lowest BCUT2D eigenvalue weighted by atomic mass is 10.2. The Labute approximate surface area is 126 Å². The van der Waals surface area contributed by atoms with Crippen molar-refractivity contribution in [1.29, 1.82) is 0 Å². The summed E-state index contributed by atoms with van der Waals surface area (Å²) in [7, 11) is 1.96. The van der Waals surface area contributed by atoms with E-state index in [9.17, 15) is 9.59 Å². The summed E-state index contributed by atoms with van der Waals surface area (Å²) in [4.78, 5) is 24.4. The zero-order valence-corrected chi connectivity index (χ0v) is 13.0. The van der Waals surface area contributed by atoms with E-state index in [1.54, 1.807) is 6.08 Å². The first kappa shape index (κ1) is 14.8. The second-order valence-corrected chi connectivity index (χ2v) is 6.22. The van der Waals surface area contributed by atoms with Crippen molar-refractivity contribution < 1.29 is 14.7 Å². The van der Waals surface area contributed by atoms with E-state index in [-0.39, 0.29) is 10.2 Å². The second-order valence-electron chi connectivity index (χ2n) is 4.55. The quantitative estimate of drug-likeness (QED) is 0.683. The Kier molecular flexibility index (Phi) is 4.01. The number of nitrogens with zero attached hydrogens (tertiary/aromatic N) is 2. The summed E-state index contributed by atoms with van der Waals surface area (Å²) in [5.74, 6) is -1.42. The van der Waals surface area contributed by atoms with Crippen LogP contribution < -0.4 is 0 Å². The number of rotatable bonds is 3. The molecule has 0 aromatic carbocycles. The molecule has 2 rings (SSSR count). The summed E-state index contributed by atoms with van der Waals surface area (Å²) in [6, 6.07) is 1.99. The van der Waals surface area contributed by atoms with Crippen LogP contribution >= 0.6 is 24.0 Å². The van der Waals surface area contributed by atoms with Crippen molar-refractivity contribution in [2.75, 3.05) is 6.54 Å². The smallest absolute Gasteiger partial charge is 0.323 e. The average molecular weight is 310 g/mol. The largest absolute Gasteiger partial charge is 0.480 e. The highest BCUT2D eigenvalue weighted by molar-refractivity contribution is 8.26. The molecule has 1 saturated heterocycles. The SMILES string of the molecule is Cc1cc(C=C2SC(=S)N(CC(=O)O)C2=O)c(C)n1C. The maximum Gasteiger partial charge on any atom is 0.323 e. The molecule has 1 aromatic heterocycles. The van der Waals surface area contributed by atoms with Gasteiger partial charge in [-0.3, -0.25) is 14.5 Å². The minimum atomic E-state index is -1.07. The molecule has 0 bridgehead atoms. The van der Waals surface area contributed by atoms with E-state index in [4.69, 9.17) is 17.3 Å². The number of aryl methyl sites for hydroxylation is 1. The zero-order valence-electron chi connectivity index (χ0n) is 11.3. The van der Waals surface area contributed by atoms with Crippen molar-refractivity contribution in [3.63, 3.8) is 0 Å². The zero-order chi connectivity index (χ0) is 15.0. The summed E-state index contributed by atoms with van der Waals surface area (Å²) in [5, 5.41) is 8.78. The Morgan fingerprint density at radius 2 is 2.15 bits per heavy atom. The molecular formula is C13H14N2O3S2. The molecule has 106 valence electrons. The van der Waals surface area contributed by atoms with Gasteiger partial charge in [0.2, 0.25) is 0 Å². The summed E-state index contributed by atoms with van der Waals surface area (Å²) in [6.45, 7) is 3.56. The maximum absolute atomic E-state index is 12.1. The van der Waals surface area contributed by atoms with Gasteiger partial charge in [-0.05, 0) is 31.6 Å². The van der Waals surface area contributed by atoms with Crippen LogP contribution in [0.1, 0.15) is 17.0 Å². The van der Waals surface area contributed by atoms with Crippen LogP contribution in [0, 0.1) is 13.8 Å². The van der Waals surface area contributed by atoms with E-state index in [1.807, 2.05) is 31.5 Å². The Morgan fingerprint density at radius 3 is 2.65 bits per heavy atom. The molecule has 0 saturated carbocycles. The summed E-state index contributed by atoms with van der Waals surface area (Å²) in [6.07, 6.45) is 1.77. The van der Waals surface area contributed by atoms with Gasteiger partial charge in [-0.25, -0.2) is 0 Å². The van der Waals surface area contributed by atoms with Gasteiger partial charge in [0.05, 0.1) is 4.91 Å². The first-order chi connectivity index (χ1) is 9.31. The Bertz CT molecular complexity index is 646. The fourth-order valence-electron chi connectivity index (χ4n) is 1.94. The second kappa shape index (κ2) is 5.41. The minimum Gasteiger partial charge on any atom is -0.480 e. The van der Waals surface area contributed by atoms with Crippen LogP contribution in [0.5, 0.6) is 0 Å². The highest BCUT2D eigenvalue weighted by atomic mass is 32.2. The van der Waals surface area contributed by atoms with Gasteiger partial charge in [-0.1, -0.05) is 24.0 Å². The van der Waals surface area contributed by atoms with Gasteiger partial charge in [0.1, 0.15) is 10.9 Å². The van der Waals surface area contributed by atoms with Crippen LogP contribution in [0.25, 0.3) is 6.08 Å². The molecule has 1 fully saturated rings. The van der Waals surface area contributed by atoms with E-state index < -0.39 is 12.5 Å². The normalized spacial score (nSPS) is 17.4. The standard InChI is InChI=1S/C13H14N2O3S2/c1-7-4-9(8(2)14(7)3)5-10-12(18)15(6-11(16)17)13(19)20-10/h4-5H,6H2,1-3H3,(H,16,17). The molecule has 5 nitrogen and oxygen atoms in total. The molecule has 1 aliphatic heterocycles. The maximum atomic E-state index is 12.1. The highest BCUT2D eigenvalue weighted by Crippen LogP contribution is 2.33. The van der Waals surface area contributed by atoms with Crippen LogP contribution in [0.15, 0.2) is 11.0 Å². The molecule has 1 amide bonds. The van der Waals surface area contributed by atoms with Crippen molar-refractivity contribution in [2.45, 2.75) is 13.8 Å². The van der Waals surface area contributed by atoms with Crippen LogP contribution in [-0.2, 0) is 16.6 Å². The van der Waals surface area contributed by atoms with Gasteiger partial charge < -0.3 is 9.67 Å². The van der Waals surface area contributed by atoms with Crippen LogP contribution in [0.3, 0.4) is 0 Å². The number of aliphatic carboxylic acids is 1. The molecule has 20 heavy (non-hydrogen) atoms. The molecule has 0 unspecified atom stereocenters. The monoisotopic (exact) mass is 310 g/mol. The van der Waals surface area contributed by atoms with Gasteiger partial charge in [0, 0.05) is 18.4 Å². The molecule has 0 spiro atoms. The lowest BCUT2D eigenvalue weighted by Gasteiger charge is -2.10. The molecule has 1 N–H and O–H groups in total. The van der Waals surface area contributed by atoms with Crippen molar-refractivity contribution in [1.82, 2.24) is 9.47 Å². The van der Waals surface area contributed by atoms with Gasteiger partial charge in [0.25, 0.3) is 5.91 Å². The third-order valence-corrected chi connectivity index (χ3v) is 4.65. The summed E-state index contributed by atoms with van der Waals surface area (Å²) >= 11 is 6.19. The van der Waals surface area contributed by atoms with Crippen LogP contribution in [-0.4, -0.2) is 37.3 Å². The first-order valence-electron chi connectivity index (χ1n) is 5.91. The van der Waals surface area contributed by atoms with Crippen LogP contribution in [0.2, 0.25) is 0 Å². The summed E-state index contributed by atoms with van der Waals surface area (Å²) < 4.78 is 2.32. The Hall–Kier alpha value is -1.60. The molecule has 0 atom stereocenters. The predicted molar refractivity (Wildman–Crippen MR) is 82.4 cm³/mol. The lowest BCUT2D eigenvalue weighted by Crippen LogP contribution is -2.33. The van der Waals surface area contributed by atoms with Crippen molar-refractivity contribution in [2.24, 2.45) is 7.05 Å². The van der Waals surface area contributed by atoms with Crippen molar-refractivity contribution in [3.05, 3.63) is 27.9 Å². The predicted octanol–water partition coefficient (Wildman–Crippen LogP) is 1.93. The highest BCUT2D eigenvalue weighted by Gasteiger charge is 2.33. The van der Waals surface area contributed by atoms with E-state index in [0.717, 1.165) is 33.6 Å². The third kappa shape index (κ3) is 2.64. The van der Waals surface area contributed by atoms with E-state index in [2.05, 4.69) is 0 Å². The van der Waals surface area contributed by atoms with Gasteiger partial charge in [0.15, 0.2) is 0 Å². The van der Waals surface area contributed by atoms with Gasteiger partial charge in [-0.15, -0.1) is 0 Å². The number of thiocarbonyl (C=S) groups is 1. The van der Waals surface area contributed by atoms with Gasteiger partial charge in [-0.2, -0.15) is 0 Å². The number of carboxylic acid groups (broad SMARTS) is 1. The first-order valence-corrected chi connectivity index (χ1v) is 7.14. The average Bonchev–Trinajstić information content (AvgIpc) is 2.75. The van der Waals surface area contributed by atoms with E-state index in [0.29, 0.717) is 4.91 Å². The third-order valence-electron chi connectivity index (χ3n) is 3.27. The fraction of sp³-hybridized carbons (Fsp3) is 0.308. The number of carboxylic acids is 1. The van der Waals surface area contributed by atoms with E-state index in [1.165, 1.54) is 0 Å². The fourth-order valence-corrected chi connectivity index (χ4v) is 3.19. The molecule has 0 aliphatic carbocycles. The molecule has 7 heteroatoms. The number of amides is 1. The number of hydrogen-bond acceptors (Lipinski definition) is 4. The van der Waals surface area contributed by atoms with Gasteiger partial charge >= 0.3 is 5.97 Å². The molecule has 1 aliphatic rings. The van der Waals surface area contributed by atoms with E-state index >= 15 is 0 Å². The number of carbonyl (C=O) groups excluding carboxylic acids is 1. The minimum absolute atomic E-state index is 0.286. The Balaban J connectivity index is 2.32. The lowest BCUT2D eigenvalue weighted by molar-refractivity contribution is -0.140. The number of carbonyl (C=O) groups is 2. The molecule has 2 heterocycles. The molecule has 1 aromatic rings. The summed E-state index contributed by atoms with van der Waals surface area (Å²) in [5.41, 5.74) is 3.08. The number of thioether (sulfide) groups is 1. The topological polar surface area (TPSA) is 62.5 Å². The number of hydrogen-bond donors (Lipinski definition) is 1. The van der Waals surface area contributed by atoms with Crippen LogP contribution in [0.4, 0.5) is 0 Å². The number of aromatic nitrogens is 1. The Morgan fingerprint density at radius 1 is 1.50 bits per heavy atom. The van der Waals surface area contributed by atoms with Crippen molar-refractivity contribution >= 4 is 46.3 Å². The molecular weight excluding hydrogens is 296 g/mol.